The van der Waals surface area contributed by atoms with Crippen molar-refractivity contribution in [2.24, 2.45) is 0 Å². The molecule has 0 bridgehead atoms. The topological polar surface area (TPSA) is 93.1 Å². The summed E-state index contributed by atoms with van der Waals surface area (Å²) in [5, 5.41) is 17.9. The van der Waals surface area contributed by atoms with Crippen molar-refractivity contribution in [3.63, 3.8) is 0 Å². The van der Waals surface area contributed by atoms with Crippen molar-refractivity contribution in [3.8, 4) is 11.5 Å². The van der Waals surface area contributed by atoms with Gasteiger partial charge in [-0.3, -0.25) is 9.59 Å². The lowest BCUT2D eigenvalue weighted by molar-refractivity contribution is 0.0969. The van der Waals surface area contributed by atoms with Gasteiger partial charge < -0.3 is 19.7 Å². The Morgan fingerprint density at radius 2 is 1.12 bits per heavy atom. The number of carbonyl (C=O) groups is 2. The van der Waals surface area contributed by atoms with Crippen LogP contribution in [0, 0.1) is 0 Å². The third-order valence-corrected chi connectivity index (χ3v) is 3.70. The smallest absolute Gasteiger partial charge is 0.198 e. The molecule has 6 heteroatoms. The van der Waals surface area contributed by atoms with Crippen LogP contribution in [0.15, 0.2) is 36.4 Å². The lowest BCUT2D eigenvalue weighted by atomic mass is 9.83. The first-order valence-electron chi connectivity index (χ1n) is 7.51. The average molecular weight is 328 g/mol. The third-order valence-electron chi connectivity index (χ3n) is 3.70. The zero-order chi connectivity index (χ0) is 17.1. The molecule has 0 aromatic heterocycles. The quantitative estimate of drug-likeness (QED) is 0.706. The zero-order valence-corrected chi connectivity index (χ0v) is 12.8. The zero-order valence-electron chi connectivity index (χ0n) is 12.8. The molecule has 0 fully saturated rings. The Balaban J connectivity index is 2.18. The highest BCUT2D eigenvalue weighted by molar-refractivity contribution is 6.30. The summed E-state index contributed by atoms with van der Waals surface area (Å²) in [6, 6.07) is 9.62. The molecule has 0 aliphatic heterocycles. The standard InChI is InChI=1S/C18H16O6/c19-7-9-23-13-5-6-14(24-10-8-20)16-15(13)17(21)11-3-1-2-4-12(11)18(16)22/h1-6,19-20H,7-10H2. The molecule has 0 amide bonds. The Morgan fingerprint density at radius 3 is 1.50 bits per heavy atom. The van der Waals surface area contributed by atoms with Crippen molar-refractivity contribution >= 4 is 11.6 Å². The van der Waals surface area contributed by atoms with Crippen LogP contribution in [0.1, 0.15) is 31.8 Å². The number of rotatable bonds is 6. The third kappa shape index (κ3) is 2.66. The summed E-state index contributed by atoms with van der Waals surface area (Å²) < 4.78 is 10.8. The first-order chi connectivity index (χ1) is 11.7. The van der Waals surface area contributed by atoms with Gasteiger partial charge in [0.05, 0.1) is 24.3 Å². The molecule has 0 spiro atoms. The summed E-state index contributed by atoms with van der Waals surface area (Å²) in [5.74, 6) is -0.211. The van der Waals surface area contributed by atoms with E-state index in [-0.39, 0.29) is 60.6 Å². The molecule has 1 aliphatic rings. The molecule has 0 radical (unpaired) electrons. The number of fused-ring (bicyclic) bond motifs is 2. The first kappa shape index (κ1) is 16.2. The van der Waals surface area contributed by atoms with Crippen LogP contribution < -0.4 is 9.47 Å². The number of ether oxygens (including phenoxy) is 2. The van der Waals surface area contributed by atoms with Gasteiger partial charge in [-0.25, -0.2) is 0 Å². The predicted octanol–water partition coefficient (Wildman–Crippen LogP) is 1.20. The Labute approximate surface area is 138 Å². The van der Waals surface area contributed by atoms with E-state index in [2.05, 4.69) is 0 Å². The normalized spacial score (nSPS) is 12.6. The van der Waals surface area contributed by atoms with Gasteiger partial charge in [0.1, 0.15) is 24.7 Å². The minimum Gasteiger partial charge on any atom is -0.490 e. The SMILES string of the molecule is O=C1c2ccccc2C(=O)c2c(OCCO)ccc(OCCO)c21. The molecule has 0 saturated heterocycles. The second-order valence-electron chi connectivity index (χ2n) is 5.16. The number of hydrogen-bond donors (Lipinski definition) is 2. The van der Waals surface area contributed by atoms with Gasteiger partial charge >= 0.3 is 0 Å². The van der Waals surface area contributed by atoms with Gasteiger partial charge in [-0.2, -0.15) is 0 Å². The van der Waals surface area contributed by atoms with E-state index in [0.29, 0.717) is 11.1 Å². The van der Waals surface area contributed by atoms with Gasteiger partial charge in [0.15, 0.2) is 11.6 Å². The molecule has 24 heavy (non-hydrogen) atoms. The Kier molecular flexibility index (Phi) is 4.59. The highest BCUT2D eigenvalue weighted by Crippen LogP contribution is 2.38. The van der Waals surface area contributed by atoms with E-state index in [0.717, 1.165) is 0 Å². The highest BCUT2D eigenvalue weighted by atomic mass is 16.5. The van der Waals surface area contributed by atoms with Gasteiger partial charge in [0, 0.05) is 11.1 Å². The summed E-state index contributed by atoms with van der Waals surface area (Å²) in [6.45, 7) is -0.411. The van der Waals surface area contributed by atoms with Gasteiger partial charge in [0.25, 0.3) is 0 Å². The van der Waals surface area contributed by atoms with Crippen LogP contribution in [-0.4, -0.2) is 48.2 Å². The fourth-order valence-corrected chi connectivity index (χ4v) is 2.72. The molecule has 1 aliphatic carbocycles. The molecule has 0 heterocycles. The minimum absolute atomic E-state index is 0.00635. The molecule has 0 unspecified atom stereocenters. The number of aliphatic hydroxyl groups is 2. The molecule has 6 nitrogen and oxygen atoms in total. The van der Waals surface area contributed by atoms with Crippen molar-refractivity contribution in [2.45, 2.75) is 0 Å². The minimum atomic E-state index is -0.331. The molecule has 2 aromatic rings. The lowest BCUT2D eigenvalue weighted by Gasteiger charge is -2.22. The molecule has 3 rings (SSSR count). The molecular formula is C18H16O6. The van der Waals surface area contributed by atoms with Gasteiger partial charge in [-0.1, -0.05) is 24.3 Å². The highest BCUT2D eigenvalue weighted by Gasteiger charge is 2.35. The average Bonchev–Trinajstić information content (AvgIpc) is 2.62. The van der Waals surface area contributed by atoms with Crippen LogP contribution in [0.4, 0.5) is 0 Å². The van der Waals surface area contributed by atoms with Gasteiger partial charge in [-0.15, -0.1) is 0 Å². The lowest BCUT2D eigenvalue weighted by Crippen LogP contribution is -2.23. The number of hydrogen-bond acceptors (Lipinski definition) is 6. The number of benzene rings is 2. The summed E-state index contributed by atoms with van der Waals surface area (Å²) in [6.07, 6.45) is 0. The Morgan fingerprint density at radius 1 is 0.708 bits per heavy atom. The van der Waals surface area contributed by atoms with E-state index in [1.807, 2.05) is 0 Å². The van der Waals surface area contributed by atoms with Crippen LogP contribution in [-0.2, 0) is 0 Å². The second kappa shape index (κ2) is 6.82. The van der Waals surface area contributed by atoms with Crippen LogP contribution >= 0.6 is 0 Å². The summed E-state index contributed by atoms with van der Waals surface area (Å²) in [5.41, 5.74) is 0.872. The number of ketones is 2. The molecule has 2 aromatic carbocycles. The second-order valence-corrected chi connectivity index (χ2v) is 5.16. The van der Waals surface area contributed by atoms with Crippen molar-refractivity contribution in [1.29, 1.82) is 0 Å². The monoisotopic (exact) mass is 328 g/mol. The van der Waals surface area contributed by atoms with Crippen LogP contribution in [0.3, 0.4) is 0 Å². The fourth-order valence-electron chi connectivity index (χ4n) is 2.72. The Hall–Kier alpha value is -2.70. The fraction of sp³-hybridized carbons (Fsp3) is 0.222. The van der Waals surface area contributed by atoms with Crippen LogP contribution in [0.25, 0.3) is 0 Å². The largest absolute Gasteiger partial charge is 0.490 e. The predicted molar refractivity (Wildman–Crippen MR) is 84.9 cm³/mol. The Bertz CT molecular complexity index is 730. The number of carbonyl (C=O) groups excluding carboxylic acids is 2. The van der Waals surface area contributed by atoms with Gasteiger partial charge in [0.2, 0.25) is 0 Å². The maximum absolute atomic E-state index is 12.9. The van der Waals surface area contributed by atoms with Crippen LogP contribution in [0.2, 0.25) is 0 Å². The van der Waals surface area contributed by atoms with E-state index in [1.165, 1.54) is 12.1 Å². The summed E-state index contributed by atoms with van der Waals surface area (Å²) >= 11 is 0. The maximum Gasteiger partial charge on any atom is 0.198 e. The van der Waals surface area contributed by atoms with Crippen molar-refractivity contribution < 1.29 is 29.3 Å². The van der Waals surface area contributed by atoms with E-state index in [9.17, 15) is 9.59 Å². The van der Waals surface area contributed by atoms with E-state index < -0.39 is 0 Å². The molecule has 0 saturated carbocycles. The number of aliphatic hydroxyl groups excluding tert-OH is 2. The van der Waals surface area contributed by atoms with E-state index in [4.69, 9.17) is 19.7 Å². The van der Waals surface area contributed by atoms with E-state index >= 15 is 0 Å². The first-order valence-corrected chi connectivity index (χ1v) is 7.51. The van der Waals surface area contributed by atoms with Crippen molar-refractivity contribution in [3.05, 3.63) is 58.7 Å². The maximum atomic E-state index is 12.9. The molecule has 0 atom stereocenters. The van der Waals surface area contributed by atoms with Crippen molar-refractivity contribution in [2.75, 3.05) is 26.4 Å². The van der Waals surface area contributed by atoms with Gasteiger partial charge in [-0.05, 0) is 12.1 Å². The summed E-state index contributed by atoms with van der Waals surface area (Å²) in [7, 11) is 0. The summed E-state index contributed by atoms with van der Waals surface area (Å²) in [4.78, 5) is 25.7. The molecule has 2 N–H and O–H groups in total. The van der Waals surface area contributed by atoms with Crippen molar-refractivity contribution in [1.82, 2.24) is 0 Å². The van der Waals surface area contributed by atoms with E-state index in [1.54, 1.807) is 24.3 Å². The van der Waals surface area contributed by atoms with Crippen LogP contribution in [0.5, 0.6) is 11.5 Å². The molecular weight excluding hydrogens is 312 g/mol. The molecule has 124 valence electrons.